The average molecular weight is 263 g/mol. The molecule has 1 fully saturated rings. The molecule has 3 unspecified atom stereocenters. The number of aryl methyl sites for hydroxylation is 1. The van der Waals surface area contributed by atoms with Crippen molar-refractivity contribution >= 4 is 0 Å². The Morgan fingerprint density at radius 2 is 2.00 bits per heavy atom. The molecule has 19 heavy (non-hydrogen) atoms. The van der Waals surface area contributed by atoms with Crippen LogP contribution in [0.3, 0.4) is 0 Å². The first-order valence-corrected chi connectivity index (χ1v) is 7.16. The molecule has 0 bridgehead atoms. The molecule has 0 aliphatic carbocycles. The summed E-state index contributed by atoms with van der Waals surface area (Å²) in [6.07, 6.45) is 0.707. The molecular weight excluding hydrogens is 238 g/mol. The molecule has 1 aromatic carbocycles. The van der Waals surface area contributed by atoms with Gasteiger partial charge >= 0.3 is 0 Å². The van der Waals surface area contributed by atoms with Gasteiger partial charge in [-0.05, 0) is 32.8 Å². The highest BCUT2D eigenvalue weighted by Gasteiger charge is 2.23. The molecule has 3 nitrogen and oxygen atoms in total. The topological polar surface area (TPSA) is 32.7 Å². The van der Waals surface area contributed by atoms with Crippen LogP contribution < -0.4 is 0 Å². The van der Waals surface area contributed by atoms with Gasteiger partial charge < -0.3 is 9.84 Å². The zero-order valence-corrected chi connectivity index (χ0v) is 12.2. The van der Waals surface area contributed by atoms with Crippen molar-refractivity contribution in [1.82, 2.24) is 4.90 Å². The van der Waals surface area contributed by atoms with Crippen LogP contribution in [0.4, 0.5) is 0 Å². The van der Waals surface area contributed by atoms with Gasteiger partial charge in [0.25, 0.3) is 0 Å². The summed E-state index contributed by atoms with van der Waals surface area (Å²) in [7, 11) is 0. The van der Waals surface area contributed by atoms with Crippen LogP contribution in [-0.4, -0.2) is 41.8 Å². The summed E-state index contributed by atoms with van der Waals surface area (Å²) >= 11 is 0. The SMILES string of the molecule is Cc1ccc(C(O)CCN2CC(C)OCC2C)cc1. The molecule has 0 saturated carbocycles. The maximum absolute atomic E-state index is 10.2. The van der Waals surface area contributed by atoms with Gasteiger partial charge in [-0.15, -0.1) is 0 Å². The summed E-state index contributed by atoms with van der Waals surface area (Å²) in [5, 5.41) is 10.2. The first-order valence-electron chi connectivity index (χ1n) is 7.16. The van der Waals surface area contributed by atoms with Gasteiger partial charge in [0.2, 0.25) is 0 Å². The van der Waals surface area contributed by atoms with E-state index in [0.29, 0.717) is 12.1 Å². The van der Waals surface area contributed by atoms with Crippen molar-refractivity contribution < 1.29 is 9.84 Å². The maximum atomic E-state index is 10.2. The summed E-state index contributed by atoms with van der Waals surface area (Å²) < 4.78 is 5.62. The molecule has 1 aromatic rings. The number of morpholine rings is 1. The van der Waals surface area contributed by atoms with Crippen LogP contribution in [0.15, 0.2) is 24.3 Å². The van der Waals surface area contributed by atoms with Crippen LogP contribution in [0.5, 0.6) is 0 Å². The summed E-state index contributed by atoms with van der Waals surface area (Å²) in [6.45, 7) is 9.03. The second-order valence-electron chi connectivity index (χ2n) is 5.70. The van der Waals surface area contributed by atoms with E-state index in [1.54, 1.807) is 0 Å². The number of hydrogen-bond donors (Lipinski definition) is 1. The number of nitrogens with zero attached hydrogens (tertiary/aromatic N) is 1. The van der Waals surface area contributed by atoms with Crippen molar-refractivity contribution in [3.8, 4) is 0 Å². The molecule has 106 valence electrons. The number of ether oxygens (including phenoxy) is 1. The van der Waals surface area contributed by atoms with Crippen molar-refractivity contribution in [3.05, 3.63) is 35.4 Å². The molecule has 3 heteroatoms. The minimum atomic E-state index is -0.369. The molecule has 1 aliphatic rings. The van der Waals surface area contributed by atoms with E-state index in [9.17, 15) is 5.11 Å². The van der Waals surface area contributed by atoms with Gasteiger partial charge in [0.15, 0.2) is 0 Å². The smallest absolute Gasteiger partial charge is 0.0802 e. The molecule has 2 rings (SSSR count). The van der Waals surface area contributed by atoms with Crippen LogP contribution >= 0.6 is 0 Å². The van der Waals surface area contributed by atoms with E-state index < -0.39 is 0 Å². The van der Waals surface area contributed by atoms with E-state index in [-0.39, 0.29) is 6.10 Å². The molecule has 0 aromatic heterocycles. The highest BCUT2D eigenvalue weighted by atomic mass is 16.5. The highest BCUT2D eigenvalue weighted by Crippen LogP contribution is 2.19. The van der Waals surface area contributed by atoms with Crippen LogP contribution in [0.2, 0.25) is 0 Å². The van der Waals surface area contributed by atoms with Crippen molar-refractivity contribution in [3.63, 3.8) is 0 Å². The van der Waals surface area contributed by atoms with Gasteiger partial charge in [-0.3, -0.25) is 4.90 Å². The molecule has 0 spiro atoms. The van der Waals surface area contributed by atoms with Gasteiger partial charge in [0.1, 0.15) is 0 Å². The molecular formula is C16H25NO2. The average Bonchev–Trinajstić information content (AvgIpc) is 2.40. The van der Waals surface area contributed by atoms with Gasteiger partial charge in [-0.25, -0.2) is 0 Å². The van der Waals surface area contributed by atoms with Crippen LogP contribution in [0.1, 0.15) is 37.5 Å². The highest BCUT2D eigenvalue weighted by molar-refractivity contribution is 5.23. The molecule has 1 aliphatic heterocycles. The molecule has 1 N–H and O–H groups in total. The predicted molar refractivity (Wildman–Crippen MR) is 77.2 cm³/mol. The van der Waals surface area contributed by atoms with Crippen LogP contribution in [-0.2, 0) is 4.74 Å². The van der Waals surface area contributed by atoms with Crippen molar-refractivity contribution in [2.24, 2.45) is 0 Å². The number of hydrogen-bond acceptors (Lipinski definition) is 3. The Balaban J connectivity index is 1.85. The summed E-state index contributed by atoms with van der Waals surface area (Å²) in [6, 6.07) is 8.59. The van der Waals surface area contributed by atoms with Gasteiger partial charge in [-0.2, -0.15) is 0 Å². The molecule has 0 amide bonds. The Kier molecular flexibility index (Phi) is 4.97. The molecule has 1 saturated heterocycles. The first-order chi connectivity index (χ1) is 9.06. The van der Waals surface area contributed by atoms with E-state index in [0.717, 1.165) is 31.7 Å². The fourth-order valence-electron chi connectivity index (χ4n) is 2.53. The lowest BCUT2D eigenvalue weighted by atomic mass is 10.0. The van der Waals surface area contributed by atoms with Gasteiger partial charge in [-0.1, -0.05) is 29.8 Å². The normalized spacial score (nSPS) is 26.3. The monoisotopic (exact) mass is 263 g/mol. The number of aliphatic hydroxyl groups excluding tert-OH is 1. The van der Waals surface area contributed by atoms with Crippen molar-refractivity contribution in [1.29, 1.82) is 0 Å². The fraction of sp³-hybridized carbons (Fsp3) is 0.625. The van der Waals surface area contributed by atoms with Crippen LogP contribution in [0.25, 0.3) is 0 Å². The number of benzene rings is 1. The van der Waals surface area contributed by atoms with Gasteiger partial charge in [0.05, 0.1) is 18.8 Å². The molecule has 3 atom stereocenters. The number of aliphatic hydroxyl groups is 1. The second kappa shape index (κ2) is 6.51. The predicted octanol–water partition coefficient (Wildman–Crippen LogP) is 2.53. The minimum absolute atomic E-state index is 0.299. The largest absolute Gasteiger partial charge is 0.388 e. The molecule has 0 radical (unpaired) electrons. The first kappa shape index (κ1) is 14.5. The van der Waals surface area contributed by atoms with Gasteiger partial charge in [0, 0.05) is 19.1 Å². The third-order valence-electron chi connectivity index (χ3n) is 3.89. The fourth-order valence-corrected chi connectivity index (χ4v) is 2.53. The standard InChI is InChI=1S/C16H25NO2/c1-12-4-6-15(7-5-12)16(18)8-9-17-10-14(3)19-11-13(17)2/h4-7,13-14,16,18H,8-11H2,1-3H3. The van der Waals surface area contributed by atoms with E-state index in [1.807, 2.05) is 12.1 Å². The second-order valence-corrected chi connectivity index (χ2v) is 5.70. The quantitative estimate of drug-likeness (QED) is 0.906. The maximum Gasteiger partial charge on any atom is 0.0802 e. The third-order valence-corrected chi connectivity index (χ3v) is 3.89. The molecule has 1 heterocycles. The Hall–Kier alpha value is -0.900. The zero-order valence-electron chi connectivity index (χ0n) is 12.2. The third kappa shape index (κ3) is 4.03. The number of rotatable bonds is 4. The Bertz CT molecular complexity index is 390. The van der Waals surface area contributed by atoms with Crippen molar-refractivity contribution in [2.45, 2.75) is 45.4 Å². The Morgan fingerprint density at radius 3 is 2.68 bits per heavy atom. The summed E-state index contributed by atoms with van der Waals surface area (Å²) in [5.41, 5.74) is 2.24. The van der Waals surface area contributed by atoms with E-state index in [4.69, 9.17) is 4.74 Å². The van der Waals surface area contributed by atoms with Crippen molar-refractivity contribution in [2.75, 3.05) is 19.7 Å². The lowest BCUT2D eigenvalue weighted by Gasteiger charge is -2.37. The zero-order chi connectivity index (χ0) is 13.8. The van der Waals surface area contributed by atoms with E-state index in [2.05, 4.69) is 37.8 Å². The Morgan fingerprint density at radius 1 is 1.32 bits per heavy atom. The van der Waals surface area contributed by atoms with E-state index >= 15 is 0 Å². The lowest BCUT2D eigenvalue weighted by molar-refractivity contribution is -0.0527. The lowest BCUT2D eigenvalue weighted by Crippen LogP contribution is -2.47. The van der Waals surface area contributed by atoms with E-state index in [1.165, 1.54) is 5.56 Å². The minimum Gasteiger partial charge on any atom is -0.388 e. The van der Waals surface area contributed by atoms with Crippen LogP contribution in [0, 0.1) is 6.92 Å². The Labute approximate surface area is 116 Å². The summed E-state index contributed by atoms with van der Waals surface area (Å²) in [5.74, 6) is 0. The summed E-state index contributed by atoms with van der Waals surface area (Å²) in [4.78, 5) is 2.41.